The Labute approximate surface area is 242 Å². The molecule has 10 nitrogen and oxygen atoms in total. The Morgan fingerprint density at radius 2 is 1.73 bits per heavy atom. The van der Waals surface area contributed by atoms with E-state index in [-0.39, 0.29) is 30.1 Å². The van der Waals surface area contributed by atoms with Gasteiger partial charge in [0.2, 0.25) is 15.9 Å². The molecule has 0 bridgehead atoms. The number of nitrogens with zero attached hydrogens (tertiary/aromatic N) is 5. The zero-order valence-electron chi connectivity index (χ0n) is 24.2. The number of hydrogen-bond acceptors (Lipinski definition) is 7. The van der Waals surface area contributed by atoms with Crippen LogP contribution in [0.1, 0.15) is 35.7 Å². The van der Waals surface area contributed by atoms with Crippen LogP contribution in [0.4, 0.5) is 5.69 Å². The molecule has 1 fully saturated rings. The summed E-state index contributed by atoms with van der Waals surface area (Å²) in [7, 11) is -0.452. The first-order chi connectivity index (χ1) is 19.7. The van der Waals surface area contributed by atoms with E-state index in [1.165, 1.54) is 4.31 Å². The van der Waals surface area contributed by atoms with Crippen LogP contribution in [0, 0.1) is 13.8 Å². The first kappa shape index (κ1) is 29.1. The third kappa shape index (κ3) is 5.98. The number of methoxy groups -OCH3 is 1. The molecule has 1 aromatic carbocycles. The fraction of sp³-hybridized carbons (Fsp3) is 0.467. The summed E-state index contributed by atoms with van der Waals surface area (Å²) in [6.45, 7) is 6.14. The number of hydrogen-bond donors (Lipinski definition) is 0. The lowest BCUT2D eigenvalue weighted by molar-refractivity contribution is -0.137. The summed E-state index contributed by atoms with van der Waals surface area (Å²) < 4.78 is 43.0. The SMILES string of the molecule is COc1cc(C)c(S(=O)(=O)N2CCn3cccc3C2COCC(=O)N(C)C2CCN(c3ccncc3)CC2)c(C)c1. The lowest BCUT2D eigenvalue weighted by Gasteiger charge is -2.38. The number of carbonyl (C=O) groups is 1. The maximum absolute atomic E-state index is 14.0. The molecule has 2 aliphatic rings. The summed E-state index contributed by atoms with van der Waals surface area (Å²) in [5.41, 5.74) is 3.27. The third-order valence-electron chi connectivity index (χ3n) is 8.29. The first-order valence-corrected chi connectivity index (χ1v) is 15.4. The van der Waals surface area contributed by atoms with Crippen LogP contribution in [0.2, 0.25) is 0 Å². The van der Waals surface area contributed by atoms with Crippen LogP contribution in [0.25, 0.3) is 0 Å². The summed E-state index contributed by atoms with van der Waals surface area (Å²) in [5, 5.41) is 0. The molecule has 1 atom stereocenters. The molecule has 220 valence electrons. The number of carbonyl (C=O) groups excluding carboxylic acids is 1. The summed E-state index contributed by atoms with van der Waals surface area (Å²) >= 11 is 0. The Morgan fingerprint density at radius 1 is 1.05 bits per heavy atom. The van der Waals surface area contributed by atoms with E-state index >= 15 is 0 Å². The smallest absolute Gasteiger partial charge is 0.248 e. The molecular weight excluding hydrogens is 542 g/mol. The van der Waals surface area contributed by atoms with Crippen molar-refractivity contribution in [3.05, 3.63) is 71.8 Å². The monoisotopic (exact) mass is 581 g/mol. The van der Waals surface area contributed by atoms with Gasteiger partial charge in [0.25, 0.3) is 0 Å². The molecule has 0 N–H and O–H groups in total. The summed E-state index contributed by atoms with van der Waals surface area (Å²) in [6, 6.07) is 10.9. The average Bonchev–Trinajstić information content (AvgIpc) is 3.46. The minimum Gasteiger partial charge on any atom is -0.497 e. The molecular formula is C30H39N5O5S. The van der Waals surface area contributed by atoms with Crippen LogP contribution >= 0.6 is 0 Å². The molecule has 3 aromatic rings. The second kappa shape index (κ2) is 12.2. The number of sulfonamides is 1. The normalized spacial score (nSPS) is 18.2. The van der Waals surface area contributed by atoms with E-state index in [1.807, 2.05) is 37.5 Å². The summed E-state index contributed by atoms with van der Waals surface area (Å²) in [5.74, 6) is 0.520. The van der Waals surface area contributed by atoms with Gasteiger partial charge in [-0.2, -0.15) is 4.31 Å². The fourth-order valence-corrected chi connectivity index (χ4v) is 8.07. The van der Waals surface area contributed by atoms with Crippen molar-refractivity contribution in [2.45, 2.75) is 50.2 Å². The summed E-state index contributed by atoms with van der Waals surface area (Å²) in [4.78, 5) is 21.6. The fourth-order valence-electron chi connectivity index (χ4n) is 6.08. The zero-order chi connectivity index (χ0) is 29.1. The van der Waals surface area contributed by atoms with E-state index < -0.39 is 16.1 Å². The van der Waals surface area contributed by atoms with Crippen molar-refractivity contribution in [3.8, 4) is 5.75 Å². The van der Waals surface area contributed by atoms with Crippen molar-refractivity contribution in [2.24, 2.45) is 0 Å². The molecule has 2 aromatic heterocycles. The number of ether oxygens (including phenoxy) is 2. The van der Waals surface area contributed by atoms with Gasteiger partial charge in [0.1, 0.15) is 12.4 Å². The van der Waals surface area contributed by atoms with Crippen molar-refractivity contribution < 1.29 is 22.7 Å². The van der Waals surface area contributed by atoms with Crippen LogP contribution in [-0.4, -0.2) is 86.1 Å². The van der Waals surface area contributed by atoms with Gasteiger partial charge in [0.05, 0.1) is 24.7 Å². The molecule has 41 heavy (non-hydrogen) atoms. The number of fused-ring (bicyclic) bond motifs is 1. The number of aromatic nitrogens is 2. The Bertz CT molecular complexity index is 1440. The van der Waals surface area contributed by atoms with Crippen LogP contribution in [-0.2, 0) is 26.1 Å². The van der Waals surface area contributed by atoms with Crippen molar-refractivity contribution in [1.29, 1.82) is 0 Å². The Morgan fingerprint density at radius 3 is 2.39 bits per heavy atom. The van der Waals surface area contributed by atoms with Crippen molar-refractivity contribution in [3.63, 3.8) is 0 Å². The molecule has 0 radical (unpaired) electrons. The van der Waals surface area contributed by atoms with E-state index in [2.05, 4.69) is 14.5 Å². The first-order valence-electron chi connectivity index (χ1n) is 14.0. The largest absolute Gasteiger partial charge is 0.497 e. The maximum Gasteiger partial charge on any atom is 0.248 e. The molecule has 1 amide bonds. The minimum atomic E-state index is -3.85. The Kier molecular flexibility index (Phi) is 8.67. The van der Waals surface area contributed by atoms with Crippen LogP contribution in [0.15, 0.2) is 59.9 Å². The van der Waals surface area contributed by atoms with Crippen molar-refractivity contribution in [2.75, 3.05) is 51.9 Å². The molecule has 0 saturated carbocycles. The Hall–Kier alpha value is -3.41. The molecule has 0 spiro atoms. The van der Waals surface area contributed by atoms with Gasteiger partial charge in [0.15, 0.2) is 0 Å². The third-order valence-corrected chi connectivity index (χ3v) is 10.5. The number of likely N-dealkylation sites (N-methyl/N-ethyl adjacent to an activating group) is 1. The molecule has 1 saturated heterocycles. The predicted molar refractivity (Wildman–Crippen MR) is 157 cm³/mol. The number of rotatable bonds is 9. The number of amides is 1. The highest BCUT2D eigenvalue weighted by Gasteiger charge is 2.38. The Balaban J connectivity index is 1.24. The molecule has 1 unspecified atom stereocenters. The highest BCUT2D eigenvalue weighted by molar-refractivity contribution is 7.89. The number of anilines is 1. The van der Waals surface area contributed by atoms with E-state index in [0.717, 1.165) is 37.3 Å². The van der Waals surface area contributed by atoms with Crippen molar-refractivity contribution >= 4 is 21.6 Å². The van der Waals surface area contributed by atoms with Gasteiger partial charge in [-0.3, -0.25) is 9.78 Å². The van der Waals surface area contributed by atoms with Crippen LogP contribution in [0.5, 0.6) is 5.75 Å². The molecule has 5 rings (SSSR count). The van der Waals surface area contributed by atoms with E-state index in [1.54, 1.807) is 50.4 Å². The van der Waals surface area contributed by atoms with Crippen LogP contribution < -0.4 is 9.64 Å². The van der Waals surface area contributed by atoms with Gasteiger partial charge >= 0.3 is 0 Å². The highest BCUT2D eigenvalue weighted by Crippen LogP contribution is 2.35. The number of pyridine rings is 1. The summed E-state index contributed by atoms with van der Waals surface area (Å²) in [6.07, 6.45) is 7.28. The maximum atomic E-state index is 14.0. The number of piperidine rings is 1. The lowest BCUT2D eigenvalue weighted by atomic mass is 10.0. The lowest BCUT2D eigenvalue weighted by Crippen LogP contribution is -2.47. The van der Waals surface area contributed by atoms with Gasteiger partial charge in [-0.05, 0) is 74.2 Å². The highest BCUT2D eigenvalue weighted by atomic mass is 32.2. The van der Waals surface area contributed by atoms with Gasteiger partial charge in [-0.1, -0.05) is 0 Å². The zero-order valence-corrected chi connectivity index (χ0v) is 25.0. The molecule has 4 heterocycles. The quantitative estimate of drug-likeness (QED) is 0.382. The second-order valence-electron chi connectivity index (χ2n) is 10.8. The predicted octanol–water partition coefficient (Wildman–Crippen LogP) is 3.40. The van der Waals surface area contributed by atoms with E-state index in [0.29, 0.717) is 30.0 Å². The standard InChI is InChI=1S/C30H39N5O5S/c1-22-18-26(39-4)19-23(2)30(22)41(37,38)35-17-16-34-13-5-6-27(34)28(35)20-40-21-29(36)32(3)24-9-14-33(15-10-24)25-7-11-31-12-8-25/h5-8,11-13,18-19,24,28H,9-10,14-17,20-21H2,1-4H3. The van der Waals surface area contributed by atoms with Gasteiger partial charge in [-0.25, -0.2) is 8.42 Å². The van der Waals surface area contributed by atoms with Crippen molar-refractivity contribution in [1.82, 2.24) is 18.8 Å². The van der Waals surface area contributed by atoms with Gasteiger partial charge < -0.3 is 23.8 Å². The van der Waals surface area contributed by atoms with Gasteiger partial charge in [0, 0.05) is 69.2 Å². The van der Waals surface area contributed by atoms with E-state index in [4.69, 9.17) is 9.47 Å². The van der Waals surface area contributed by atoms with E-state index in [9.17, 15) is 13.2 Å². The average molecular weight is 582 g/mol. The second-order valence-corrected chi connectivity index (χ2v) is 12.6. The number of benzene rings is 1. The molecule has 2 aliphatic heterocycles. The molecule has 0 aliphatic carbocycles. The van der Waals surface area contributed by atoms with Crippen LogP contribution in [0.3, 0.4) is 0 Å². The minimum absolute atomic E-state index is 0.0809. The van der Waals surface area contributed by atoms with Gasteiger partial charge in [-0.15, -0.1) is 0 Å². The molecule has 11 heteroatoms. The topological polar surface area (TPSA) is 97.2 Å². The number of aryl methyl sites for hydroxylation is 2.